The van der Waals surface area contributed by atoms with Crippen molar-refractivity contribution in [3.63, 3.8) is 0 Å². The van der Waals surface area contributed by atoms with Crippen molar-refractivity contribution in [3.05, 3.63) is 18.2 Å². The van der Waals surface area contributed by atoms with E-state index in [1.54, 1.807) is 14.2 Å². The summed E-state index contributed by atoms with van der Waals surface area (Å²) in [4.78, 5) is 0. The maximum absolute atomic E-state index is 5.19. The Labute approximate surface area is 85.0 Å². The van der Waals surface area contributed by atoms with E-state index in [9.17, 15) is 0 Å². The van der Waals surface area contributed by atoms with Gasteiger partial charge in [0.25, 0.3) is 0 Å². The lowest BCUT2D eigenvalue weighted by Crippen LogP contribution is -2.09. The van der Waals surface area contributed by atoms with Crippen LogP contribution in [-0.4, -0.2) is 20.3 Å². The van der Waals surface area contributed by atoms with Crippen molar-refractivity contribution in [2.45, 2.75) is 19.9 Å². The van der Waals surface area contributed by atoms with Gasteiger partial charge in [-0.05, 0) is 26.0 Å². The Hall–Kier alpha value is -1.38. The minimum absolute atomic E-state index is 0.410. The van der Waals surface area contributed by atoms with Crippen LogP contribution in [0.4, 0.5) is 5.69 Å². The quantitative estimate of drug-likeness (QED) is 0.800. The van der Waals surface area contributed by atoms with Crippen LogP contribution in [0.2, 0.25) is 0 Å². The molecule has 1 N–H and O–H groups in total. The van der Waals surface area contributed by atoms with Crippen LogP contribution in [0.3, 0.4) is 0 Å². The molecule has 0 heterocycles. The third-order valence-corrected chi connectivity index (χ3v) is 1.84. The first-order chi connectivity index (χ1) is 6.67. The highest BCUT2D eigenvalue weighted by molar-refractivity contribution is 5.55. The monoisotopic (exact) mass is 195 g/mol. The molecule has 0 radical (unpaired) electrons. The molecule has 0 unspecified atom stereocenters. The fourth-order valence-electron chi connectivity index (χ4n) is 1.26. The lowest BCUT2D eigenvalue weighted by molar-refractivity contribution is 0.355. The summed E-state index contributed by atoms with van der Waals surface area (Å²) in [5.74, 6) is 1.50. The van der Waals surface area contributed by atoms with Crippen molar-refractivity contribution in [2.24, 2.45) is 0 Å². The molecule has 0 aliphatic rings. The normalized spacial score (nSPS) is 10.1. The van der Waals surface area contributed by atoms with Crippen molar-refractivity contribution < 1.29 is 9.47 Å². The van der Waals surface area contributed by atoms with E-state index < -0.39 is 0 Å². The third-order valence-electron chi connectivity index (χ3n) is 1.84. The molecule has 1 aromatic carbocycles. The van der Waals surface area contributed by atoms with E-state index in [2.05, 4.69) is 19.2 Å². The molecule has 0 saturated heterocycles. The molecule has 14 heavy (non-hydrogen) atoms. The van der Waals surface area contributed by atoms with Crippen LogP contribution < -0.4 is 14.8 Å². The Kier molecular flexibility index (Phi) is 3.63. The van der Waals surface area contributed by atoms with Gasteiger partial charge in [0, 0.05) is 17.8 Å². The zero-order chi connectivity index (χ0) is 10.6. The van der Waals surface area contributed by atoms with Crippen LogP contribution in [0.5, 0.6) is 11.5 Å². The Morgan fingerprint density at radius 1 is 1.07 bits per heavy atom. The van der Waals surface area contributed by atoms with Crippen LogP contribution in [0.25, 0.3) is 0 Å². The van der Waals surface area contributed by atoms with Gasteiger partial charge in [-0.2, -0.15) is 0 Å². The zero-order valence-corrected chi connectivity index (χ0v) is 9.13. The van der Waals surface area contributed by atoms with Crippen molar-refractivity contribution in [3.8, 4) is 11.5 Å². The van der Waals surface area contributed by atoms with Crippen molar-refractivity contribution in [2.75, 3.05) is 19.5 Å². The molecule has 78 valence electrons. The fourth-order valence-corrected chi connectivity index (χ4v) is 1.26. The number of hydrogen-bond donors (Lipinski definition) is 1. The first-order valence-corrected chi connectivity index (χ1v) is 4.66. The topological polar surface area (TPSA) is 30.5 Å². The van der Waals surface area contributed by atoms with Crippen molar-refractivity contribution >= 4 is 5.69 Å². The number of rotatable bonds is 4. The van der Waals surface area contributed by atoms with E-state index in [0.717, 1.165) is 17.2 Å². The van der Waals surface area contributed by atoms with Gasteiger partial charge >= 0.3 is 0 Å². The lowest BCUT2D eigenvalue weighted by atomic mass is 10.2. The highest BCUT2D eigenvalue weighted by atomic mass is 16.5. The Balaban J connectivity index is 2.89. The first-order valence-electron chi connectivity index (χ1n) is 4.66. The standard InChI is InChI=1S/C11H17NO2/c1-8(2)12-9-5-6-10(13-3)11(7-9)14-4/h5-8,12H,1-4H3. The molecular weight excluding hydrogens is 178 g/mol. The SMILES string of the molecule is COc1ccc(NC(C)C)cc1OC. The highest BCUT2D eigenvalue weighted by Gasteiger charge is 2.04. The summed E-state index contributed by atoms with van der Waals surface area (Å²) in [5, 5.41) is 3.30. The average Bonchev–Trinajstić information content (AvgIpc) is 2.16. The van der Waals surface area contributed by atoms with Gasteiger partial charge in [-0.3, -0.25) is 0 Å². The molecule has 0 atom stereocenters. The van der Waals surface area contributed by atoms with E-state index in [1.807, 2.05) is 18.2 Å². The zero-order valence-electron chi connectivity index (χ0n) is 9.13. The van der Waals surface area contributed by atoms with Gasteiger partial charge in [-0.15, -0.1) is 0 Å². The number of nitrogens with one attached hydrogen (secondary N) is 1. The van der Waals surface area contributed by atoms with Crippen LogP contribution in [0.15, 0.2) is 18.2 Å². The number of anilines is 1. The second-order valence-corrected chi connectivity index (χ2v) is 3.37. The van der Waals surface area contributed by atoms with E-state index in [0.29, 0.717) is 6.04 Å². The van der Waals surface area contributed by atoms with Gasteiger partial charge in [-0.1, -0.05) is 0 Å². The van der Waals surface area contributed by atoms with E-state index >= 15 is 0 Å². The molecule has 0 aromatic heterocycles. The van der Waals surface area contributed by atoms with Crippen LogP contribution >= 0.6 is 0 Å². The van der Waals surface area contributed by atoms with E-state index in [1.165, 1.54) is 0 Å². The largest absolute Gasteiger partial charge is 0.493 e. The highest BCUT2D eigenvalue weighted by Crippen LogP contribution is 2.29. The molecule has 1 rings (SSSR count). The molecule has 3 heteroatoms. The smallest absolute Gasteiger partial charge is 0.162 e. The maximum atomic E-state index is 5.19. The Bertz CT molecular complexity index is 297. The number of hydrogen-bond acceptors (Lipinski definition) is 3. The van der Waals surface area contributed by atoms with E-state index in [-0.39, 0.29) is 0 Å². The van der Waals surface area contributed by atoms with Crippen molar-refractivity contribution in [1.29, 1.82) is 0 Å². The van der Waals surface area contributed by atoms with Gasteiger partial charge in [0.1, 0.15) is 0 Å². The summed E-state index contributed by atoms with van der Waals surface area (Å²) in [5.41, 5.74) is 1.04. The van der Waals surface area contributed by atoms with Crippen LogP contribution in [0.1, 0.15) is 13.8 Å². The second kappa shape index (κ2) is 4.74. The summed E-state index contributed by atoms with van der Waals surface area (Å²) < 4.78 is 10.3. The predicted octanol–water partition coefficient (Wildman–Crippen LogP) is 2.52. The minimum atomic E-state index is 0.410. The summed E-state index contributed by atoms with van der Waals surface area (Å²) in [6.45, 7) is 4.19. The second-order valence-electron chi connectivity index (χ2n) is 3.37. The molecule has 1 aromatic rings. The van der Waals surface area contributed by atoms with Crippen molar-refractivity contribution in [1.82, 2.24) is 0 Å². The lowest BCUT2D eigenvalue weighted by Gasteiger charge is -2.13. The molecule has 0 bridgehead atoms. The Morgan fingerprint density at radius 3 is 2.21 bits per heavy atom. The van der Waals surface area contributed by atoms with E-state index in [4.69, 9.17) is 9.47 Å². The molecular formula is C11H17NO2. The fraction of sp³-hybridized carbons (Fsp3) is 0.455. The molecule has 0 saturated carbocycles. The molecule has 0 spiro atoms. The summed E-state index contributed by atoms with van der Waals surface area (Å²) in [6.07, 6.45) is 0. The number of methoxy groups -OCH3 is 2. The third kappa shape index (κ3) is 2.55. The number of benzene rings is 1. The maximum Gasteiger partial charge on any atom is 0.162 e. The summed E-state index contributed by atoms with van der Waals surface area (Å²) in [6, 6.07) is 6.21. The minimum Gasteiger partial charge on any atom is -0.493 e. The Morgan fingerprint density at radius 2 is 1.71 bits per heavy atom. The van der Waals surface area contributed by atoms with Crippen LogP contribution in [0, 0.1) is 0 Å². The van der Waals surface area contributed by atoms with Gasteiger partial charge in [0.05, 0.1) is 14.2 Å². The molecule has 0 amide bonds. The van der Waals surface area contributed by atoms with Crippen LogP contribution in [-0.2, 0) is 0 Å². The summed E-state index contributed by atoms with van der Waals surface area (Å²) in [7, 11) is 3.27. The molecule has 0 aliphatic heterocycles. The average molecular weight is 195 g/mol. The first kappa shape index (κ1) is 10.7. The van der Waals surface area contributed by atoms with Gasteiger partial charge in [-0.25, -0.2) is 0 Å². The number of ether oxygens (including phenoxy) is 2. The van der Waals surface area contributed by atoms with Gasteiger partial charge in [0.15, 0.2) is 11.5 Å². The summed E-state index contributed by atoms with van der Waals surface area (Å²) >= 11 is 0. The molecule has 0 fully saturated rings. The van der Waals surface area contributed by atoms with Gasteiger partial charge in [0.2, 0.25) is 0 Å². The molecule has 0 aliphatic carbocycles. The predicted molar refractivity (Wildman–Crippen MR) is 58.3 cm³/mol. The van der Waals surface area contributed by atoms with Gasteiger partial charge < -0.3 is 14.8 Å². The molecule has 3 nitrogen and oxygen atoms in total.